The Morgan fingerprint density at radius 2 is 2.00 bits per heavy atom. The molecule has 0 aliphatic carbocycles. The van der Waals surface area contributed by atoms with E-state index in [2.05, 4.69) is 0 Å². The quantitative estimate of drug-likeness (QED) is 0.756. The number of hydrogen-bond acceptors (Lipinski definition) is 4. The fourth-order valence-electron chi connectivity index (χ4n) is 1.01. The number of benzene rings is 1. The summed E-state index contributed by atoms with van der Waals surface area (Å²) in [6.45, 7) is 1.09. The molecule has 0 aliphatic rings. The predicted octanol–water partition coefficient (Wildman–Crippen LogP) is -0.758. The Labute approximate surface area is 92.0 Å². The van der Waals surface area contributed by atoms with Crippen molar-refractivity contribution in [1.29, 1.82) is 0 Å². The fraction of sp³-hybridized carbons (Fsp3) is 0.222. The molecule has 0 aromatic heterocycles. The summed E-state index contributed by atoms with van der Waals surface area (Å²) in [4.78, 5) is 9.77. The van der Waals surface area contributed by atoms with Gasteiger partial charge in [0, 0.05) is 0 Å². The number of carboxylic acids is 1. The molecule has 0 saturated carbocycles. The number of carbonyl (C=O) groups excluding carboxylic acids is 1. The van der Waals surface area contributed by atoms with Crippen LogP contribution in [-0.2, 0) is 14.8 Å². The third-order valence-corrected chi connectivity index (χ3v) is 3.39. The van der Waals surface area contributed by atoms with E-state index in [0.717, 1.165) is 19.1 Å². The first kappa shape index (κ1) is 12.6. The zero-order valence-electron chi connectivity index (χ0n) is 8.31. The second kappa shape index (κ2) is 4.58. The summed E-state index contributed by atoms with van der Waals surface area (Å²) in [5.41, 5.74) is 0. The highest BCUT2D eigenvalue weighted by Gasteiger charge is 2.20. The van der Waals surface area contributed by atoms with Gasteiger partial charge in [-0.15, -0.1) is 0 Å². The van der Waals surface area contributed by atoms with Crippen LogP contribution in [0.25, 0.3) is 0 Å². The van der Waals surface area contributed by atoms with E-state index in [0.29, 0.717) is 0 Å². The summed E-state index contributed by atoms with van der Waals surface area (Å²) in [5, 5.41) is 10.4. The van der Waals surface area contributed by atoms with E-state index in [4.69, 9.17) is 0 Å². The van der Waals surface area contributed by atoms with Crippen LogP contribution in [0, 0.1) is 5.82 Å². The summed E-state index contributed by atoms with van der Waals surface area (Å²) in [6.07, 6.45) is 0. The summed E-state index contributed by atoms with van der Waals surface area (Å²) >= 11 is 0. The molecule has 0 radical (unpaired) electrons. The van der Waals surface area contributed by atoms with Crippen molar-refractivity contribution in [2.75, 3.05) is 0 Å². The SMILES string of the molecule is C[C@@H](NS(=O)(=O)c1ccccc1F)C(=O)[O-]. The van der Waals surface area contributed by atoms with E-state index in [1.165, 1.54) is 12.1 Å². The van der Waals surface area contributed by atoms with Gasteiger partial charge in [-0.2, -0.15) is 0 Å². The van der Waals surface area contributed by atoms with Crippen LogP contribution in [0.3, 0.4) is 0 Å². The molecule has 5 nitrogen and oxygen atoms in total. The van der Waals surface area contributed by atoms with Crippen LogP contribution >= 0.6 is 0 Å². The molecule has 1 aromatic rings. The number of carboxylic acid groups (broad SMARTS) is 1. The highest BCUT2D eigenvalue weighted by atomic mass is 32.2. The van der Waals surface area contributed by atoms with Crippen LogP contribution in [-0.4, -0.2) is 20.4 Å². The topological polar surface area (TPSA) is 86.3 Å². The van der Waals surface area contributed by atoms with Gasteiger partial charge < -0.3 is 9.90 Å². The van der Waals surface area contributed by atoms with Crippen molar-refractivity contribution < 1.29 is 22.7 Å². The monoisotopic (exact) mass is 246 g/mol. The number of aliphatic carboxylic acids is 1. The maximum atomic E-state index is 13.2. The molecule has 1 rings (SSSR count). The normalized spacial score (nSPS) is 13.4. The van der Waals surface area contributed by atoms with Crippen LogP contribution in [0.1, 0.15) is 6.92 Å². The second-order valence-corrected chi connectivity index (χ2v) is 4.77. The average Bonchev–Trinajstić information content (AvgIpc) is 2.17. The molecule has 0 aliphatic heterocycles. The summed E-state index contributed by atoms with van der Waals surface area (Å²) in [5.74, 6) is -2.53. The van der Waals surface area contributed by atoms with Gasteiger partial charge in [-0.3, -0.25) is 0 Å². The molecule has 0 bridgehead atoms. The fourth-order valence-corrected chi connectivity index (χ4v) is 2.28. The Morgan fingerprint density at radius 1 is 1.44 bits per heavy atom. The van der Waals surface area contributed by atoms with E-state index in [1.54, 1.807) is 4.72 Å². The first-order valence-electron chi connectivity index (χ1n) is 4.32. The zero-order chi connectivity index (χ0) is 12.3. The molecule has 0 amide bonds. The van der Waals surface area contributed by atoms with E-state index in [-0.39, 0.29) is 0 Å². The number of halogens is 1. The van der Waals surface area contributed by atoms with Gasteiger partial charge in [-0.25, -0.2) is 17.5 Å². The van der Waals surface area contributed by atoms with Gasteiger partial charge in [-0.05, 0) is 19.1 Å². The molecule has 0 heterocycles. The van der Waals surface area contributed by atoms with Gasteiger partial charge in [0.2, 0.25) is 10.0 Å². The van der Waals surface area contributed by atoms with Crippen LogP contribution < -0.4 is 9.83 Å². The molecule has 1 aromatic carbocycles. The van der Waals surface area contributed by atoms with E-state index in [9.17, 15) is 22.7 Å². The maximum Gasteiger partial charge on any atom is 0.244 e. The van der Waals surface area contributed by atoms with Gasteiger partial charge in [0.15, 0.2) is 0 Å². The lowest BCUT2D eigenvalue weighted by atomic mass is 10.3. The minimum atomic E-state index is -4.18. The number of nitrogens with one attached hydrogen (secondary N) is 1. The molecule has 0 spiro atoms. The summed E-state index contributed by atoms with van der Waals surface area (Å²) < 4.78 is 38.0. The number of carbonyl (C=O) groups is 1. The minimum absolute atomic E-state index is 0.594. The molecule has 1 N–H and O–H groups in total. The molecule has 1 atom stereocenters. The Kier molecular flexibility index (Phi) is 3.61. The van der Waals surface area contributed by atoms with Crippen molar-refractivity contribution in [3.63, 3.8) is 0 Å². The Hall–Kier alpha value is -1.47. The molecule has 0 saturated heterocycles. The highest BCUT2D eigenvalue weighted by molar-refractivity contribution is 7.89. The largest absolute Gasteiger partial charge is 0.548 e. The van der Waals surface area contributed by atoms with E-state index in [1.807, 2.05) is 0 Å². The zero-order valence-corrected chi connectivity index (χ0v) is 9.12. The van der Waals surface area contributed by atoms with Crippen molar-refractivity contribution in [2.24, 2.45) is 0 Å². The lowest BCUT2D eigenvalue weighted by molar-refractivity contribution is -0.307. The molecule has 0 fully saturated rings. The molecular formula is C9H9FNO4S-. The van der Waals surface area contributed by atoms with Gasteiger partial charge in [0.05, 0.1) is 12.0 Å². The van der Waals surface area contributed by atoms with Gasteiger partial charge >= 0.3 is 0 Å². The molecule has 7 heteroatoms. The first-order chi connectivity index (χ1) is 7.34. The number of sulfonamides is 1. The van der Waals surface area contributed by atoms with Crippen LogP contribution in [0.2, 0.25) is 0 Å². The van der Waals surface area contributed by atoms with Crippen molar-refractivity contribution >= 4 is 16.0 Å². The van der Waals surface area contributed by atoms with Gasteiger partial charge in [0.25, 0.3) is 0 Å². The van der Waals surface area contributed by atoms with E-state index >= 15 is 0 Å². The smallest absolute Gasteiger partial charge is 0.244 e. The van der Waals surface area contributed by atoms with Crippen molar-refractivity contribution in [3.8, 4) is 0 Å². The van der Waals surface area contributed by atoms with Gasteiger partial charge in [0.1, 0.15) is 10.7 Å². The molecular weight excluding hydrogens is 237 g/mol. The first-order valence-corrected chi connectivity index (χ1v) is 5.80. The standard InChI is InChI=1S/C9H10FNO4S/c1-6(9(12)13)11-16(14,15)8-5-3-2-4-7(8)10/h2-6,11H,1H3,(H,12,13)/p-1/t6-/m1/s1. The average molecular weight is 246 g/mol. The highest BCUT2D eigenvalue weighted by Crippen LogP contribution is 2.13. The lowest BCUT2D eigenvalue weighted by Gasteiger charge is -2.14. The Morgan fingerprint density at radius 3 is 2.50 bits per heavy atom. The van der Waals surface area contributed by atoms with Crippen LogP contribution in [0.5, 0.6) is 0 Å². The third-order valence-electron chi connectivity index (χ3n) is 1.81. The minimum Gasteiger partial charge on any atom is -0.548 e. The van der Waals surface area contributed by atoms with Gasteiger partial charge in [-0.1, -0.05) is 12.1 Å². The lowest BCUT2D eigenvalue weighted by Crippen LogP contribution is -2.45. The van der Waals surface area contributed by atoms with Crippen LogP contribution in [0.15, 0.2) is 29.2 Å². The molecule has 88 valence electrons. The summed E-state index contributed by atoms with van der Waals surface area (Å²) in [7, 11) is -4.18. The van der Waals surface area contributed by atoms with E-state index < -0.39 is 32.7 Å². The van der Waals surface area contributed by atoms with Crippen molar-refractivity contribution in [3.05, 3.63) is 30.1 Å². The van der Waals surface area contributed by atoms with Crippen molar-refractivity contribution in [1.82, 2.24) is 4.72 Å². The summed E-state index contributed by atoms with van der Waals surface area (Å²) in [6, 6.07) is 3.25. The predicted molar refractivity (Wildman–Crippen MR) is 51.2 cm³/mol. The van der Waals surface area contributed by atoms with Crippen molar-refractivity contribution in [2.45, 2.75) is 17.9 Å². The maximum absolute atomic E-state index is 13.2. The van der Waals surface area contributed by atoms with Crippen LogP contribution in [0.4, 0.5) is 4.39 Å². The third kappa shape index (κ3) is 2.77. The second-order valence-electron chi connectivity index (χ2n) is 3.09. The molecule has 16 heavy (non-hydrogen) atoms. The number of rotatable bonds is 4. The molecule has 0 unspecified atom stereocenters. The Balaban J connectivity index is 3.04. The number of hydrogen-bond donors (Lipinski definition) is 1. The Bertz CT molecular complexity index is 500.